The Morgan fingerprint density at radius 3 is 2.50 bits per heavy atom. The van der Waals surface area contributed by atoms with Crippen LogP contribution in [-0.4, -0.2) is 9.97 Å². The number of benzene rings is 1. The van der Waals surface area contributed by atoms with Gasteiger partial charge in [-0.25, -0.2) is 0 Å². The summed E-state index contributed by atoms with van der Waals surface area (Å²) in [6.45, 7) is 3.94. The van der Waals surface area contributed by atoms with Gasteiger partial charge in [0.1, 0.15) is 4.99 Å². The van der Waals surface area contributed by atoms with Gasteiger partial charge in [0.05, 0.1) is 11.4 Å². The molecular formula is C14H15N3S. The summed E-state index contributed by atoms with van der Waals surface area (Å²) >= 11 is 5.04. The first-order valence-electron chi connectivity index (χ1n) is 5.68. The molecule has 0 fully saturated rings. The van der Waals surface area contributed by atoms with Crippen molar-refractivity contribution >= 4 is 28.6 Å². The zero-order valence-corrected chi connectivity index (χ0v) is 11.2. The standard InChI is InChI=1S/C14H15N3S/c1-9-7-8-12(10(2)16-9)17-13-6-4-3-5-11(13)14(15)18/h3-8,17H,1-2H3,(H2,15,18). The van der Waals surface area contributed by atoms with E-state index in [1.54, 1.807) is 0 Å². The molecule has 0 saturated carbocycles. The van der Waals surface area contributed by atoms with Gasteiger partial charge in [-0.15, -0.1) is 0 Å². The highest BCUT2D eigenvalue weighted by molar-refractivity contribution is 7.80. The summed E-state index contributed by atoms with van der Waals surface area (Å²) in [5.41, 5.74) is 10.4. The molecule has 3 N–H and O–H groups in total. The number of thiocarbonyl (C=S) groups is 1. The van der Waals surface area contributed by atoms with Gasteiger partial charge in [-0.2, -0.15) is 0 Å². The summed E-state index contributed by atoms with van der Waals surface area (Å²) in [5, 5.41) is 3.32. The summed E-state index contributed by atoms with van der Waals surface area (Å²) in [7, 11) is 0. The average Bonchev–Trinajstić information content (AvgIpc) is 2.33. The lowest BCUT2D eigenvalue weighted by atomic mass is 10.1. The largest absolute Gasteiger partial charge is 0.389 e. The lowest BCUT2D eigenvalue weighted by Gasteiger charge is -2.12. The van der Waals surface area contributed by atoms with Gasteiger partial charge in [-0.05, 0) is 38.1 Å². The van der Waals surface area contributed by atoms with Crippen molar-refractivity contribution in [2.75, 3.05) is 5.32 Å². The Hall–Kier alpha value is -1.94. The maximum Gasteiger partial charge on any atom is 0.106 e. The van der Waals surface area contributed by atoms with Crippen LogP contribution in [0, 0.1) is 13.8 Å². The predicted molar refractivity (Wildman–Crippen MR) is 79.3 cm³/mol. The number of rotatable bonds is 3. The van der Waals surface area contributed by atoms with Gasteiger partial charge in [0.25, 0.3) is 0 Å². The fourth-order valence-electron chi connectivity index (χ4n) is 1.77. The second-order valence-corrected chi connectivity index (χ2v) is 4.56. The molecule has 0 aliphatic heterocycles. The number of hydrogen-bond donors (Lipinski definition) is 2. The minimum atomic E-state index is 0.385. The van der Waals surface area contributed by atoms with Gasteiger partial charge in [-0.3, -0.25) is 4.98 Å². The van der Waals surface area contributed by atoms with Crippen molar-refractivity contribution in [3.63, 3.8) is 0 Å². The Balaban J connectivity index is 2.37. The highest BCUT2D eigenvalue weighted by atomic mass is 32.1. The molecule has 0 saturated heterocycles. The third-order valence-corrected chi connectivity index (χ3v) is 2.91. The zero-order valence-electron chi connectivity index (χ0n) is 10.4. The van der Waals surface area contributed by atoms with Gasteiger partial charge in [0, 0.05) is 16.9 Å². The molecule has 0 bridgehead atoms. The second kappa shape index (κ2) is 5.14. The number of pyridine rings is 1. The molecule has 1 aromatic heterocycles. The summed E-state index contributed by atoms with van der Waals surface area (Å²) in [6.07, 6.45) is 0. The Kier molecular flexibility index (Phi) is 3.58. The van der Waals surface area contributed by atoms with Crippen molar-refractivity contribution in [3.8, 4) is 0 Å². The highest BCUT2D eigenvalue weighted by Crippen LogP contribution is 2.22. The number of para-hydroxylation sites is 1. The van der Waals surface area contributed by atoms with Crippen molar-refractivity contribution in [1.82, 2.24) is 4.98 Å². The molecule has 0 spiro atoms. The summed E-state index contributed by atoms with van der Waals surface area (Å²) in [5.74, 6) is 0. The van der Waals surface area contributed by atoms with Crippen LogP contribution in [0.4, 0.5) is 11.4 Å². The van der Waals surface area contributed by atoms with E-state index in [1.165, 1.54) is 0 Å². The second-order valence-electron chi connectivity index (χ2n) is 4.12. The number of nitrogens with two attached hydrogens (primary N) is 1. The lowest BCUT2D eigenvalue weighted by molar-refractivity contribution is 1.12. The molecule has 1 aromatic carbocycles. The lowest BCUT2D eigenvalue weighted by Crippen LogP contribution is -2.12. The van der Waals surface area contributed by atoms with E-state index in [4.69, 9.17) is 18.0 Å². The Labute approximate surface area is 112 Å². The van der Waals surface area contributed by atoms with Gasteiger partial charge in [0.2, 0.25) is 0 Å². The smallest absolute Gasteiger partial charge is 0.106 e. The monoisotopic (exact) mass is 257 g/mol. The predicted octanol–water partition coefficient (Wildman–Crippen LogP) is 3.08. The fraction of sp³-hybridized carbons (Fsp3) is 0.143. The first-order valence-corrected chi connectivity index (χ1v) is 6.09. The molecule has 0 amide bonds. The fourth-order valence-corrected chi connectivity index (χ4v) is 1.95. The van der Waals surface area contributed by atoms with Crippen LogP contribution >= 0.6 is 12.2 Å². The molecule has 0 aliphatic rings. The molecule has 1 heterocycles. The SMILES string of the molecule is Cc1ccc(Nc2ccccc2C(N)=S)c(C)n1. The van der Waals surface area contributed by atoms with Crippen molar-refractivity contribution in [2.24, 2.45) is 5.73 Å². The number of hydrogen-bond acceptors (Lipinski definition) is 3. The molecule has 0 aliphatic carbocycles. The first kappa shape index (κ1) is 12.5. The summed E-state index contributed by atoms with van der Waals surface area (Å²) in [4.78, 5) is 4.80. The van der Waals surface area contributed by atoms with E-state index in [0.717, 1.165) is 28.3 Å². The topological polar surface area (TPSA) is 50.9 Å². The third kappa shape index (κ3) is 2.65. The van der Waals surface area contributed by atoms with Crippen LogP contribution in [0.5, 0.6) is 0 Å². The number of nitrogens with zero attached hydrogens (tertiary/aromatic N) is 1. The number of aromatic nitrogens is 1. The maximum absolute atomic E-state index is 5.71. The van der Waals surface area contributed by atoms with Crippen LogP contribution in [0.2, 0.25) is 0 Å². The van der Waals surface area contributed by atoms with E-state index in [0.29, 0.717) is 4.99 Å². The molecule has 3 nitrogen and oxygen atoms in total. The zero-order chi connectivity index (χ0) is 13.1. The van der Waals surface area contributed by atoms with E-state index in [9.17, 15) is 0 Å². The molecular weight excluding hydrogens is 242 g/mol. The van der Waals surface area contributed by atoms with Gasteiger partial charge < -0.3 is 11.1 Å². The van der Waals surface area contributed by atoms with Crippen molar-refractivity contribution in [2.45, 2.75) is 13.8 Å². The van der Waals surface area contributed by atoms with E-state index in [2.05, 4.69) is 10.3 Å². The van der Waals surface area contributed by atoms with E-state index >= 15 is 0 Å². The van der Waals surface area contributed by atoms with Crippen LogP contribution < -0.4 is 11.1 Å². The van der Waals surface area contributed by atoms with E-state index in [-0.39, 0.29) is 0 Å². The van der Waals surface area contributed by atoms with Crippen molar-refractivity contribution < 1.29 is 0 Å². The average molecular weight is 257 g/mol. The van der Waals surface area contributed by atoms with Gasteiger partial charge in [0.15, 0.2) is 0 Å². The number of aryl methyl sites for hydroxylation is 2. The van der Waals surface area contributed by atoms with Crippen LogP contribution in [0.3, 0.4) is 0 Å². The van der Waals surface area contributed by atoms with Gasteiger partial charge >= 0.3 is 0 Å². The summed E-state index contributed by atoms with van der Waals surface area (Å²) < 4.78 is 0. The molecule has 0 atom stereocenters. The number of anilines is 2. The Bertz CT molecular complexity index is 593. The minimum absolute atomic E-state index is 0.385. The number of nitrogens with one attached hydrogen (secondary N) is 1. The van der Waals surface area contributed by atoms with Crippen molar-refractivity contribution in [3.05, 3.63) is 53.3 Å². The highest BCUT2D eigenvalue weighted by Gasteiger charge is 2.06. The summed E-state index contributed by atoms with van der Waals surface area (Å²) in [6, 6.07) is 11.7. The minimum Gasteiger partial charge on any atom is -0.389 e. The molecule has 0 unspecified atom stereocenters. The first-order chi connectivity index (χ1) is 8.58. The van der Waals surface area contributed by atoms with Gasteiger partial charge in [-0.1, -0.05) is 24.4 Å². The van der Waals surface area contributed by atoms with Crippen LogP contribution in [0.25, 0.3) is 0 Å². The van der Waals surface area contributed by atoms with Crippen LogP contribution in [-0.2, 0) is 0 Å². The molecule has 2 aromatic rings. The van der Waals surface area contributed by atoms with E-state index in [1.807, 2.05) is 50.2 Å². The third-order valence-electron chi connectivity index (χ3n) is 2.69. The Morgan fingerprint density at radius 2 is 1.83 bits per heavy atom. The van der Waals surface area contributed by atoms with E-state index < -0.39 is 0 Å². The molecule has 4 heteroatoms. The normalized spacial score (nSPS) is 10.1. The van der Waals surface area contributed by atoms with Crippen LogP contribution in [0.1, 0.15) is 17.0 Å². The molecule has 2 rings (SSSR count). The Morgan fingerprint density at radius 1 is 1.11 bits per heavy atom. The molecule has 92 valence electrons. The molecule has 18 heavy (non-hydrogen) atoms. The van der Waals surface area contributed by atoms with Crippen molar-refractivity contribution in [1.29, 1.82) is 0 Å². The maximum atomic E-state index is 5.71. The molecule has 0 radical (unpaired) electrons. The van der Waals surface area contributed by atoms with Crippen LogP contribution in [0.15, 0.2) is 36.4 Å². The quantitative estimate of drug-likeness (QED) is 0.830.